The minimum absolute atomic E-state index is 0.0318. The third-order valence-electron chi connectivity index (χ3n) is 4.89. The molecule has 0 bridgehead atoms. The minimum atomic E-state index is -4.77. The molecule has 10 heteroatoms. The predicted octanol–water partition coefficient (Wildman–Crippen LogP) is 5.48. The van der Waals surface area contributed by atoms with Crippen LogP contribution in [0.5, 0.6) is 0 Å². The number of aryl methyl sites for hydroxylation is 1. The lowest BCUT2D eigenvalue weighted by molar-refractivity contribution is -0.140. The zero-order valence-corrected chi connectivity index (χ0v) is 16.5. The molecule has 31 heavy (non-hydrogen) atoms. The zero-order valence-electron chi connectivity index (χ0n) is 15.8. The summed E-state index contributed by atoms with van der Waals surface area (Å²) in [6.07, 6.45) is -4.77. The van der Waals surface area contributed by atoms with E-state index in [1.807, 2.05) is 0 Å². The van der Waals surface area contributed by atoms with Gasteiger partial charge in [0.1, 0.15) is 16.7 Å². The summed E-state index contributed by atoms with van der Waals surface area (Å²) in [5, 5.41) is 3.94. The highest BCUT2D eigenvalue weighted by Gasteiger charge is 2.39. The number of hydrogen-bond donors (Lipinski definition) is 1. The van der Waals surface area contributed by atoms with Crippen molar-refractivity contribution in [2.24, 2.45) is 0 Å². The lowest BCUT2D eigenvalue weighted by Crippen LogP contribution is -2.19. The Morgan fingerprint density at radius 2 is 1.81 bits per heavy atom. The number of fused-ring (bicyclic) bond motifs is 2. The molecule has 0 aliphatic carbocycles. The van der Waals surface area contributed by atoms with E-state index in [-0.39, 0.29) is 33.9 Å². The Balaban J connectivity index is 1.84. The molecule has 2 aromatic carbocycles. The molecule has 0 aliphatic rings. The van der Waals surface area contributed by atoms with E-state index in [0.717, 1.165) is 0 Å². The number of oxazole rings is 1. The van der Waals surface area contributed by atoms with E-state index < -0.39 is 17.4 Å². The Bertz CT molecular complexity index is 1520. The van der Waals surface area contributed by atoms with Gasteiger partial charge in [-0.25, -0.2) is 4.98 Å². The number of alkyl halides is 3. The number of H-pyrrole nitrogens is 1. The van der Waals surface area contributed by atoms with E-state index in [4.69, 9.17) is 16.0 Å². The summed E-state index contributed by atoms with van der Waals surface area (Å²) in [7, 11) is 0. The molecule has 0 fully saturated rings. The Morgan fingerprint density at radius 3 is 2.48 bits per heavy atom. The zero-order chi connectivity index (χ0) is 21.9. The van der Waals surface area contributed by atoms with Gasteiger partial charge in [-0.05, 0) is 24.6 Å². The van der Waals surface area contributed by atoms with Crippen LogP contribution >= 0.6 is 11.6 Å². The molecule has 6 nitrogen and oxygen atoms in total. The average Bonchev–Trinajstić information content (AvgIpc) is 3.31. The summed E-state index contributed by atoms with van der Waals surface area (Å²) in [5.74, 6) is -0.0610. The fourth-order valence-electron chi connectivity index (χ4n) is 3.54. The van der Waals surface area contributed by atoms with Crippen molar-refractivity contribution in [3.05, 3.63) is 75.3 Å². The molecular formula is C21H12ClF3N4O2. The summed E-state index contributed by atoms with van der Waals surface area (Å²) in [6.45, 7) is 1.56. The van der Waals surface area contributed by atoms with E-state index in [2.05, 4.69) is 15.1 Å². The monoisotopic (exact) mass is 444 g/mol. The molecule has 0 spiro atoms. The number of aromatic nitrogens is 4. The number of para-hydroxylation sites is 1. The fourth-order valence-corrected chi connectivity index (χ4v) is 3.75. The second-order valence-electron chi connectivity index (χ2n) is 6.88. The molecule has 0 amide bonds. The van der Waals surface area contributed by atoms with Crippen LogP contribution in [-0.2, 0) is 6.18 Å². The van der Waals surface area contributed by atoms with Gasteiger partial charge in [-0.1, -0.05) is 48.0 Å². The van der Waals surface area contributed by atoms with Crippen molar-refractivity contribution in [2.45, 2.75) is 13.1 Å². The van der Waals surface area contributed by atoms with Gasteiger partial charge in [-0.15, -0.1) is 0 Å². The first-order valence-corrected chi connectivity index (χ1v) is 9.47. The van der Waals surface area contributed by atoms with Crippen LogP contribution in [0.1, 0.15) is 11.4 Å². The van der Waals surface area contributed by atoms with E-state index in [0.29, 0.717) is 20.6 Å². The van der Waals surface area contributed by atoms with Gasteiger partial charge in [0.2, 0.25) is 5.89 Å². The molecule has 3 heterocycles. The van der Waals surface area contributed by atoms with Crippen molar-refractivity contribution in [3.63, 3.8) is 0 Å². The average molecular weight is 445 g/mol. The quantitative estimate of drug-likeness (QED) is 0.391. The maximum absolute atomic E-state index is 13.8. The first-order valence-electron chi connectivity index (χ1n) is 9.09. The van der Waals surface area contributed by atoms with Crippen LogP contribution in [0.25, 0.3) is 39.3 Å². The summed E-state index contributed by atoms with van der Waals surface area (Å²) < 4.78 is 47.7. The van der Waals surface area contributed by atoms with Gasteiger partial charge in [0, 0.05) is 5.69 Å². The molecule has 3 aromatic heterocycles. The van der Waals surface area contributed by atoms with Gasteiger partial charge < -0.3 is 9.40 Å². The van der Waals surface area contributed by atoms with Crippen LogP contribution in [0.4, 0.5) is 13.2 Å². The number of rotatable bonds is 2. The highest BCUT2D eigenvalue weighted by molar-refractivity contribution is 6.34. The molecule has 0 saturated heterocycles. The third kappa shape index (κ3) is 3.00. The van der Waals surface area contributed by atoms with Gasteiger partial charge in [-0.3, -0.25) is 4.79 Å². The van der Waals surface area contributed by atoms with Crippen LogP contribution in [0.3, 0.4) is 0 Å². The summed E-state index contributed by atoms with van der Waals surface area (Å²) in [6, 6.07) is 12.9. The van der Waals surface area contributed by atoms with E-state index in [1.54, 1.807) is 43.3 Å². The molecule has 0 radical (unpaired) electrons. The summed E-state index contributed by atoms with van der Waals surface area (Å²) in [4.78, 5) is 20.4. The second-order valence-corrected chi connectivity index (χ2v) is 7.29. The molecule has 0 saturated carbocycles. The lowest BCUT2D eigenvalue weighted by Gasteiger charge is -2.07. The lowest BCUT2D eigenvalue weighted by atomic mass is 10.1. The topological polar surface area (TPSA) is 76.2 Å². The Kier molecular flexibility index (Phi) is 4.19. The molecular weight excluding hydrogens is 433 g/mol. The van der Waals surface area contributed by atoms with Crippen molar-refractivity contribution in [3.8, 4) is 22.6 Å². The van der Waals surface area contributed by atoms with Gasteiger partial charge in [-0.2, -0.15) is 22.8 Å². The summed E-state index contributed by atoms with van der Waals surface area (Å²) >= 11 is 6.12. The SMILES string of the molecule is Cc1[nH]c2c(-c3ccccc3)c(C(F)(F)F)nn2c(=O)c1-c1nc2c(Cl)cccc2o1. The number of benzene rings is 2. The number of halogens is 4. The Hall–Kier alpha value is -3.59. The fraction of sp³-hybridized carbons (Fsp3) is 0.0952. The van der Waals surface area contributed by atoms with E-state index in [1.165, 1.54) is 12.1 Å². The van der Waals surface area contributed by atoms with Crippen molar-refractivity contribution in [1.82, 2.24) is 19.6 Å². The first kappa shape index (κ1) is 19.4. The smallest absolute Gasteiger partial charge is 0.435 e. The van der Waals surface area contributed by atoms with Crippen molar-refractivity contribution >= 4 is 28.3 Å². The minimum Gasteiger partial charge on any atom is -0.436 e. The Labute approximate surface area is 176 Å². The van der Waals surface area contributed by atoms with Crippen molar-refractivity contribution in [1.29, 1.82) is 0 Å². The van der Waals surface area contributed by atoms with Gasteiger partial charge in [0.25, 0.3) is 5.56 Å². The number of aromatic amines is 1. The molecule has 1 N–H and O–H groups in total. The molecule has 5 aromatic rings. The summed E-state index contributed by atoms with van der Waals surface area (Å²) in [5.41, 5.74) is -1.00. The number of nitrogens with one attached hydrogen (secondary N) is 1. The highest BCUT2D eigenvalue weighted by atomic mass is 35.5. The van der Waals surface area contributed by atoms with Crippen LogP contribution < -0.4 is 5.56 Å². The van der Waals surface area contributed by atoms with Gasteiger partial charge in [0.05, 0.1) is 10.6 Å². The molecule has 0 atom stereocenters. The van der Waals surface area contributed by atoms with Crippen LogP contribution in [0.2, 0.25) is 5.02 Å². The van der Waals surface area contributed by atoms with Gasteiger partial charge >= 0.3 is 6.18 Å². The molecule has 0 unspecified atom stereocenters. The maximum atomic E-state index is 13.8. The standard InChI is InChI=1S/C21H12ClF3N4O2/c1-10-14(19-27-16-12(22)8-5-9-13(16)31-19)20(30)29-18(26-10)15(11-6-3-2-4-7-11)17(28-29)21(23,24)25/h2-9,26H,1H3. The number of nitrogens with zero attached hydrogens (tertiary/aromatic N) is 3. The molecule has 0 aliphatic heterocycles. The molecule has 5 rings (SSSR count). The van der Waals surface area contributed by atoms with Crippen LogP contribution in [0.15, 0.2) is 57.7 Å². The van der Waals surface area contributed by atoms with Crippen LogP contribution in [-0.4, -0.2) is 19.6 Å². The van der Waals surface area contributed by atoms with Crippen LogP contribution in [0, 0.1) is 6.92 Å². The first-order chi connectivity index (χ1) is 14.8. The third-order valence-corrected chi connectivity index (χ3v) is 5.19. The predicted molar refractivity (Wildman–Crippen MR) is 109 cm³/mol. The van der Waals surface area contributed by atoms with E-state index >= 15 is 0 Å². The van der Waals surface area contributed by atoms with E-state index in [9.17, 15) is 18.0 Å². The van der Waals surface area contributed by atoms with Crippen molar-refractivity contribution < 1.29 is 17.6 Å². The van der Waals surface area contributed by atoms with Gasteiger partial charge in [0.15, 0.2) is 11.3 Å². The molecule has 156 valence electrons. The van der Waals surface area contributed by atoms with Crippen molar-refractivity contribution in [2.75, 3.05) is 0 Å². The number of hydrogen-bond acceptors (Lipinski definition) is 4. The normalized spacial score (nSPS) is 12.2. The largest absolute Gasteiger partial charge is 0.436 e. The Morgan fingerprint density at radius 1 is 1.06 bits per heavy atom. The highest BCUT2D eigenvalue weighted by Crippen LogP contribution is 2.38. The maximum Gasteiger partial charge on any atom is 0.435 e. The second kappa shape index (κ2) is 6.71.